The Morgan fingerprint density at radius 1 is 1.32 bits per heavy atom. The molecule has 3 rings (SSSR count). The predicted molar refractivity (Wildman–Crippen MR) is 76.9 cm³/mol. The largest absolute Gasteiger partial charge is 0.373 e. The van der Waals surface area contributed by atoms with Gasteiger partial charge in [0.2, 0.25) is 0 Å². The molecule has 1 aromatic carbocycles. The molecule has 19 heavy (non-hydrogen) atoms. The van der Waals surface area contributed by atoms with Gasteiger partial charge in [-0.2, -0.15) is 0 Å². The number of rotatable bonds is 2. The Kier molecular flexibility index (Phi) is 3.25. The maximum atomic E-state index is 6.52. The van der Waals surface area contributed by atoms with Gasteiger partial charge in [-0.05, 0) is 43.2 Å². The van der Waals surface area contributed by atoms with Crippen molar-refractivity contribution in [3.05, 3.63) is 42.2 Å². The normalized spacial score (nSPS) is 25.4. The third-order valence-corrected chi connectivity index (χ3v) is 4.21. The summed E-state index contributed by atoms with van der Waals surface area (Å²) in [6.45, 7) is 2.95. The molecule has 1 aliphatic rings. The molecule has 1 fully saturated rings. The zero-order valence-corrected chi connectivity index (χ0v) is 11.3. The summed E-state index contributed by atoms with van der Waals surface area (Å²) in [5, 5.41) is 2.32. The van der Waals surface area contributed by atoms with Gasteiger partial charge in [-0.25, -0.2) is 0 Å². The molecule has 2 N–H and O–H groups in total. The molecule has 0 radical (unpaired) electrons. The van der Waals surface area contributed by atoms with Crippen molar-refractivity contribution < 1.29 is 4.74 Å². The third-order valence-electron chi connectivity index (χ3n) is 4.21. The Morgan fingerprint density at radius 2 is 2.21 bits per heavy atom. The second kappa shape index (κ2) is 4.91. The molecular formula is C16H20N2O. The predicted octanol–water partition coefficient (Wildman–Crippen LogP) is 3.19. The van der Waals surface area contributed by atoms with E-state index < -0.39 is 0 Å². The molecule has 0 amide bonds. The highest BCUT2D eigenvalue weighted by atomic mass is 16.5. The highest BCUT2D eigenvalue weighted by molar-refractivity contribution is 5.85. The number of nitrogens with zero attached hydrogens (tertiary/aromatic N) is 1. The van der Waals surface area contributed by atoms with Gasteiger partial charge in [-0.3, -0.25) is 4.98 Å². The SMILES string of the molecule is CC1(C(N)c2cccc3cnccc23)CCCCO1. The zero-order chi connectivity index (χ0) is 13.3. The van der Waals surface area contributed by atoms with E-state index in [0.717, 1.165) is 30.4 Å². The fourth-order valence-corrected chi connectivity index (χ4v) is 2.95. The van der Waals surface area contributed by atoms with Crippen molar-refractivity contribution in [1.29, 1.82) is 0 Å². The van der Waals surface area contributed by atoms with Crippen LogP contribution in [0.1, 0.15) is 37.8 Å². The van der Waals surface area contributed by atoms with E-state index in [2.05, 4.69) is 24.0 Å². The minimum absolute atomic E-state index is 0.0982. The first-order valence-electron chi connectivity index (χ1n) is 6.93. The Hall–Kier alpha value is -1.45. The van der Waals surface area contributed by atoms with Gasteiger partial charge in [0, 0.05) is 24.4 Å². The molecule has 0 aliphatic carbocycles. The molecule has 1 saturated heterocycles. The van der Waals surface area contributed by atoms with E-state index in [1.807, 2.05) is 24.5 Å². The van der Waals surface area contributed by atoms with E-state index >= 15 is 0 Å². The van der Waals surface area contributed by atoms with Gasteiger partial charge in [0.05, 0.1) is 11.6 Å². The van der Waals surface area contributed by atoms with Crippen LogP contribution in [-0.2, 0) is 4.74 Å². The van der Waals surface area contributed by atoms with Gasteiger partial charge >= 0.3 is 0 Å². The highest BCUT2D eigenvalue weighted by Gasteiger charge is 2.36. The zero-order valence-electron chi connectivity index (χ0n) is 11.3. The van der Waals surface area contributed by atoms with Crippen LogP contribution < -0.4 is 5.73 Å². The molecular weight excluding hydrogens is 236 g/mol. The van der Waals surface area contributed by atoms with Crippen LogP contribution in [0.15, 0.2) is 36.7 Å². The summed E-state index contributed by atoms with van der Waals surface area (Å²) >= 11 is 0. The van der Waals surface area contributed by atoms with Crippen molar-refractivity contribution in [3.63, 3.8) is 0 Å². The van der Waals surface area contributed by atoms with Crippen LogP contribution in [0.5, 0.6) is 0 Å². The molecule has 2 heterocycles. The minimum atomic E-state index is -0.254. The lowest BCUT2D eigenvalue weighted by molar-refractivity contribution is -0.0818. The van der Waals surface area contributed by atoms with E-state index in [9.17, 15) is 0 Å². The summed E-state index contributed by atoms with van der Waals surface area (Å²) in [6.07, 6.45) is 7.06. The standard InChI is InChI=1S/C16H20N2O/c1-16(8-2-3-10-19-16)15(17)14-6-4-5-12-11-18-9-7-13(12)14/h4-7,9,11,15H,2-3,8,10,17H2,1H3. The average Bonchev–Trinajstić information content (AvgIpc) is 2.47. The molecule has 0 bridgehead atoms. The molecule has 3 heteroatoms. The molecule has 2 aromatic rings. The maximum Gasteiger partial charge on any atom is 0.0846 e. The number of hydrogen-bond donors (Lipinski definition) is 1. The lowest BCUT2D eigenvalue weighted by Crippen LogP contribution is -2.43. The maximum absolute atomic E-state index is 6.52. The second-order valence-electron chi connectivity index (χ2n) is 5.54. The van der Waals surface area contributed by atoms with Gasteiger partial charge in [0.1, 0.15) is 0 Å². The van der Waals surface area contributed by atoms with Crippen LogP contribution in [0, 0.1) is 0 Å². The van der Waals surface area contributed by atoms with Gasteiger partial charge < -0.3 is 10.5 Å². The highest BCUT2D eigenvalue weighted by Crippen LogP contribution is 2.37. The van der Waals surface area contributed by atoms with Crippen LogP contribution in [0.2, 0.25) is 0 Å². The summed E-state index contributed by atoms with van der Waals surface area (Å²) in [5.41, 5.74) is 7.43. The fourth-order valence-electron chi connectivity index (χ4n) is 2.95. The molecule has 3 nitrogen and oxygen atoms in total. The van der Waals surface area contributed by atoms with Gasteiger partial charge in [0.25, 0.3) is 0 Å². The monoisotopic (exact) mass is 256 g/mol. The van der Waals surface area contributed by atoms with Crippen molar-refractivity contribution in [2.45, 2.75) is 37.8 Å². The molecule has 2 unspecified atom stereocenters. The average molecular weight is 256 g/mol. The summed E-state index contributed by atoms with van der Waals surface area (Å²) in [4.78, 5) is 4.17. The van der Waals surface area contributed by atoms with Crippen LogP contribution in [-0.4, -0.2) is 17.2 Å². The van der Waals surface area contributed by atoms with Gasteiger partial charge in [-0.1, -0.05) is 18.2 Å². The Balaban J connectivity index is 2.03. The first-order valence-corrected chi connectivity index (χ1v) is 6.93. The number of hydrogen-bond acceptors (Lipinski definition) is 3. The topological polar surface area (TPSA) is 48.1 Å². The van der Waals surface area contributed by atoms with Gasteiger partial charge in [0.15, 0.2) is 0 Å². The van der Waals surface area contributed by atoms with Crippen molar-refractivity contribution in [1.82, 2.24) is 4.98 Å². The fraction of sp³-hybridized carbons (Fsp3) is 0.438. The number of fused-ring (bicyclic) bond motifs is 1. The summed E-state index contributed by atoms with van der Waals surface area (Å²) < 4.78 is 5.99. The van der Waals surface area contributed by atoms with Crippen LogP contribution >= 0.6 is 0 Å². The first-order chi connectivity index (χ1) is 9.21. The van der Waals surface area contributed by atoms with E-state index in [1.54, 1.807) is 0 Å². The van der Waals surface area contributed by atoms with Crippen molar-refractivity contribution >= 4 is 10.8 Å². The van der Waals surface area contributed by atoms with Crippen LogP contribution in [0.25, 0.3) is 10.8 Å². The van der Waals surface area contributed by atoms with Crippen LogP contribution in [0.3, 0.4) is 0 Å². The first kappa shape index (κ1) is 12.6. The number of pyridine rings is 1. The van der Waals surface area contributed by atoms with Crippen molar-refractivity contribution in [3.8, 4) is 0 Å². The molecule has 2 atom stereocenters. The Labute approximate surface area is 113 Å². The molecule has 100 valence electrons. The number of ether oxygens (including phenoxy) is 1. The van der Waals surface area contributed by atoms with E-state index in [1.165, 1.54) is 11.8 Å². The molecule has 0 spiro atoms. The summed E-state index contributed by atoms with van der Waals surface area (Å²) in [7, 11) is 0. The smallest absolute Gasteiger partial charge is 0.0846 e. The molecule has 1 aromatic heterocycles. The Bertz CT molecular complexity index is 570. The molecule has 0 saturated carbocycles. The van der Waals surface area contributed by atoms with Crippen molar-refractivity contribution in [2.24, 2.45) is 5.73 Å². The second-order valence-corrected chi connectivity index (χ2v) is 5.54. The quantitative estimate of drug-likeness (QED) is 0.897. The van der Waals surface area contributed by atoms with Crippen LogP contribution in [0.4, 0.5) is 0 Å². The lowest BCUT2D eigenvalue weighted by atomic mass is 9.83. The minimum Gasteiger partial charge on any atom is -0.373 e. The number of benzene rings is 1. The summed E-state index contributed by atoms with van der Waals surface area (Å²) in [5.74, 6) is 0. The van der Waals surface area contributed by atoms with Gasteiger partial charge in [-0.15, -0.1) is 0 Å². The third kappa shape index (κ3) is 2.24. The lowest BCUT2D eigenvalue weighted by Gasteiger charge is -2.39. The Morgan fingerprint density at radius 3 is 3.00 bits per heavy atom. The summed E-state index contributed by atoms with van der Waals surface area (Å²) in [6, 6.07) is 8.17. The van der Waals surface area contributed by atoms with Crippen molar-refractivity contribution in [2.75, 3.05) is 6.61 Å². The van der Waals surface area contributed by atoms with E-state index in [4.69, 9.17) is 10.5 Å². The molecule has 1 aliphatic heterocycles. The number of aromatic nitrogens is 1. The van der Waals surface area contributed by atoms with E-state index in [-0.39, 0.29) is 11.6 Å². The number of nitrogens with two attached hydrogens (primary N) is 1. The van der Waals surface area contributed by atoms with E-state index in [0.29, 0.717) is 0 Å².